The van der Waals surface area contributed by atoms with Crippen LogP contribution in [0.25, 0.3) is 90.9 Å². The number of nitrogens with one attached hydrogen (secondary N) is 2. The van der Waals surface area contributed by atoms with E-state index in [0.29, 0.717) is 49.4 Å². The fraction of sp³-hybridized carbons (Fsp3) is 0.250. The van der Waals surface area contributed by atoms with Crippen LogP contribution < -0.4 is 18.9 Å². The number of hydrogen-bond donors (Lipinski definition) is 2. The minimum absolute atomic E-state index is 0.0973. The number of H-pyrrole nitrogens is 2. The van der Waals surface area contributed by atoms with Gasteiger partial charge in [-0.05, 0) is 145 Å². The van der Waals surface area contributed by atoms with Gasteiger partial charge in [-0.15, -0.1) is 0 Å². The Kier molecular flexibility index (Phi) is 20.3. The zero-order valence-electron chi connectivity index (χ0n) is 45.1. The monoisotopic (exact) mass is 1140 g/mol. The summed E-state index contributed by atoms with van der Waals surface area (Å²) in [6.07, 6.45) is 11.2. The van der Waals surface area contributed by atoms with Crippen LogP contribution in [0.1, 0.15) is 76.2 Å². The van der Waals surface area contributed by atoms with Crippen molar-refractivity contribution in [3.05, 3.63) is 144 Å². The Morgan fingerprint density at radius 2 is 0.550 bits per heavy atom. The van der Waals surface area contributed by atoms with Crippen molar-refractivity contribution in [3.8, 4) is 67.5 Å². The molecule has 410 valence electrons. The van der Waals surface area contributed by atoms with Crippen molar-refractivity contribution in [1.29, 1.82) is 0 Å². The van der Waals surface area contributed by atoms with Gasteiger partial charge in [0.25, 0.3) is 0 Å². The first-order valence-corrected chi connectivity index (χ1v) is 30.5. The van der Waals surface area contributed by atoms with Gasteiger partial charge < -0.3 is 28.9 Å². The van der Waals surface area contributed by atoms with Crippen LogP contribution in [0.15, 0.2) is 121 Å². The van der Waals surface area contributed by atoms with Gasteiger partial charge in [0.15, 0.2) is 20.5 Å². The number of carbonyl (C=O) groups is 4. The molecule has 0 spiro atoms. The molecule has 16 heteroatoms. The molecule has 4 aromatic carbocycles. The number of fused-ring (bicyclic) bond motifs is 8. The maximum absolute atomic E-state index is 11.5. The molecular weight excluding hydrogens is 1080 g/mol. The minimum atomic E-state index is 0.0973. The van der Waals surface area contributed by atoms with Gasteiger partial charge in [-0.3, -0.25) is 19.2 Å². The number of thioether (sulfide) groups is 4. The number of aromatic nitrogens is 4. The van der Waals surface area contributed by atoms with Crippen molar-refractivity contribution in [1.82, 2.24) is 19.9 Å². The molecule has 0 unspecified atom stereocenters. The Bertz CT molecular complexity index is 3110. The van der Waals surface area contributed by atoms with Gasteiger partial charge in [0.2, 0.25) is 0 Å². The van der Waals surface area contributed by atoms with Gasteiger partial charge in [0.1, 0.15) is 23.0 Å². The van der Waals surface area contributed by atoms with Gasteiger partial charge in [-0.25, -0.2) is 9.97 Å². The molecule has 0 saturated heterocycles. The molecule has 0 amide bonds. The number of rotatable bonds is 24. The molecule has 0 saturated carbocycles. The average Bonchev–Trinajstić information content (AvgIpc) is 4.36. The Labute approximate surface area is 483 Å². The summed E-state index contributed by atoms with van der Waals surface area (Å²) in [6, 6.07) is 40.6. The summed E-state index contributed by atoms with van der Waals surface area (Å²) in [7, 11) is 0. The summed E-state index contributed by atoms with van der Waals surface area (Å²) < 4.78 is 24.5. The summed E-state index contributed by atoms with van der Waals surface area (Å²) in [5.41, 5.74) is 13.7. The summed E-state index contributed by atoms with van der Waals surface area (Å²) >= 11 is 5.22. The Hall–Kier alpha value is -7.24. The average molecular weight is 1140 g/mol. The van der Waals surface area contributed by atoms with Crippen LogP contribution in [-0.2, 0) is 19.2 Å². The first-order chi connectivity index (χ1) is 38.9. The SMILES string of the molecule is CC(=O)SCCCOc1ccc(-c2c3nc(c(-c4ccc(OCCCSC(C)=O)cc4)c4ccc([nH]4)c(-c4ccc(OCCCSC(C)=O)cc4)c4nc(c(-c5ccc(OCCCSC(C)=O)cc5)c5ccc2[nH]5)C=C4)C=C3)cc1. The van der Waals surface area contributed by atoms with E-state index in [9.17, 15) is 19.2 Å². The van der Waals surface area contributed by atoms with Gasteiger partial charge in [-0.1, -0.05) is 95.6 Å². The second kappa shape index (κ2) is 28.3. The van der Waals surface area contributed by atoms with Crippen molar-refractivity contribution >= 4 is 114 Å². The van der Waals surface area contributed by atoms with Crippen LogP contribution >= 0.6 is 47.0 Å². The van der Waals surface area contributed by atoms with Gasteiger partial charge in [0.05, 0.1) is 49.2 Å². The molecule has 0 aliphatic carbocycles. The molecule has 0 fully saturated rings. The number of ether oxygens (including phenoxy) is 4. The molecule has 7 aromatic rings. The van der Waals surface area contributed by atoms with E-state index in [2.05, 4.69) is 107 Å². The summed E-state index contributed by atoms with van der Waals surface area (Å²) in [6.45, 7) is 8.28. The van der Waals surface area contributed by atoms with Crippen LogP contribution in [0.5, 0.6) is 23.0 Å². The highest BCUT2D eigenvalue weighted by Gasteiger charge is 2.20. The third-order valence-corrected chi connectivity index (χ3v) is 16.4. The number of aromatic amines is 2. The van der Waals surface area contributed by atoms with E-state index in [4.69, 9.17) is 28.9 Å². The molecule has 9 rings (SSSR count). The van der Waals surface area contributed by atoms with Crippen LogP contribution in [0.3, 0.4) is 0 Å². The van der Waals surface area contributed by atoms with E-state index in [1.54, 1.807) is 27.7 Å². The van der Waals surface area contributed by atoms with E-state index in [-0.39, 0.29) is 20.5 Å². The molecule has 80 heavy (non-hydrogen) atoms. The predicted octanol–water partition coefficient (Wildman–Crippen LogP) is 15.5. The molecule has 8 bridgehead atoms. The first kappa shape index (κ1) is 57.4. The maximum Gasteiger partial charge on any atom is 0.185 e. The molecule has 2 aliphatic heterocycles. The van der Waals surface area contributed by atoms with E-state index in [1.807, 2.05) is 48.5 Å². The topological polar surface area (TPSA) is 163 Å². The summed E-state index contributed by atoms with van der Waals surface area (Å²) in [4.78, 5) is 64.7. The Balaban J connectivity index is 1.21. The second-order valence-electron chi connectivity index (χ2n) is 18.8. The number of nitrogens with zero attached hydrogens (tertiary/aromatic N) is 2. The maximum atomic E-state index is 11.5. The molecular formula is C64H62N4O8S4. The van der Waals surface area contributed by atoms with Crippen LogP contribution in [0, 0.1) is 0 Å². The van der Waals surface area contributed by atoms with E-state index < -0.39 is 0 Å². The fourth-order valence-electron chi connectivity index (χ4n) is 9.15. The largest absolute Gasteiger partial charge is 0.494 e. The molecule has 2 N–H and O–H groups in total. The van der Waals surface area contributed by atoms with E-state index in [1.165, 1.54) is 47.0 Å². The molecule has 0 radical (unpaired) electrons. The quantitative estimate of drug-likeness (QED) is 0.0550. The normalized spacial score (nSPS) is 11.7. The summed E-state index contributed by atoms with van der Waals surface area (Å²) in [5, 5.41) is 0.389. The molecule has 2 aliphatic rings. The highest BCUT2D eigenvalue weighted by molar-refractivity contribution is 8.14. The van der Waals surface area contributed by atoms with E-state index in [0.717, 1.165) is 138 Å². The molecule has 12 nitrogen and oxygen atoms in total. The third kappa shape index (κ3) is 15.6. The van der Waals surface area contributed by atoms with Crippen molar-refractivity contribution in [2.45, 2.75) is 53.4 Å². The third-order valence-electron chi connectivity index (χ3n) is 12.8. The lowest BCUT2D eigenvalue weighted by Crippen LogP contribution is -1.99. The van der Waals surface area contributed by atoms with E-state index >= 15 is 0 Å². The highest BCUT2D eigenvalue weighted by Crippen LogP contribution is 2.40. The number of carbonyl (C=O) groups excluding carboxylic acids is 4. The van der Waals surface area contributed by atoms with Gasteiger partial charge >= 0.3 is 0 Å². The van der Waals surface area contributed by atoms with Crippen molar-refractivity contribution < 1.29 is 38.1 Å². The fourth-order valence-corrected chi connectivity index (χ4v) is 11.3. The summed E-state index contributed by atoms with van der Waals surface area (Å²) in [5.74, 6) is 5.71. The van der Waals surface area contributed by atoms with Crippen molar-refractivity contribution in [3.63, 3.8) is 0 Å². The van der Waals surface area contributed by atoms with Gasteiger partial charge in [-0.2, -0.15) is 0 Å². The predicted molar refractivity (Wildman–Crippen MR) is 334 cm³/mol. The molecule has 3 aromatic heterocycles. The Morgan fingerprint density at radius 3 is 0.750 bits per heavy atom. The standard InChI is InChI=1S/C64H62N4O8S4/c1-41(69)77-37-5-33-73-49-17-9-45(10-18-49)61-53-25-27-55(65-53)62(46-11-19-50(20-12-46)74-34-6-38-78-42(2)70)57-29-31-59(67-57)64(48-15-23-52(24-16-48)76-36-8-40-80-44(4)72)60-32-30-58(68-60)63(56-28-26-54(61)66-56)47-13-21-51(22-14-47)75-35-7-39-79-43(3)71/h9-32,65,68H,5-8,33-40H2,1-4H3. The second-order valence-corrected chi connectivity index (χ2v) is 23.9. The van der Waals surface area contributed by atoms with Gasteiger partial charge in [0, 0.05) is 95.0 Å². The Morgan fingerprint density at radius 1 is 0.338 bits per heavy atom. The molecule has 0 atom stereocenters. The zero-order valence-corrected chi connectivity index (χ0v) is 48.4. The van der Waals surface area contributed by atoms with Crippen molar-refractivity contribution in [2.24, 2.45) is 0 Å². The number of benzene rings is 4. The lowest BCUT2D eigenvalue weighted by atomic mass is 10.0. The smallest absolute Gasteiger partial charge is 0.185 e. The van der Waals surface area contributed by atoms with Crippen LogP contribution in [-0.4, -0.2) is 89.8 Å². The molecule has 5 heterocycles. The lowest BCUT2D eigenvalue weighted by Gasteiger charge is -2.10. The zero-order chi connectivity index (χ0) is 55.8. The van der Waals surface area contributed by atoms with Crippen molar-refractivity contribution in [2.75, 3.05) is 49.4 Å². The number of hydrogen-bond acceptors (Lipinski definition) is 14. The van der Waals surface area contributed by atoms with Crippen LogP contribution in [0.4, 0.5) is 0 Å². The highest BCUT2D eigenvalue weighted by atomic mass is 32.2. The van der Waals surface area contributed by atoms with Crippen LogP contribution in [0.2, 0.25) is 0 Å². The first-order valence-electron chi connectivity index (χ1n) is 26.6. The lowest BCUT2D eigenvalue weighted by molar-refractivity contribution is -0.109. The minimum Gasteiger partial charge on any atom is -0.494 e.